The van der Waals surface area contributed by atoms with Gasteiger partial charge in [-0.05, 0) is 68.4 Å². The molecule has 2 aliphatic rings. The third-order valence-corrected chi connectivity index (χ3v) is 11.6. The van der Waals surface area contributed by atoms with Crippen LogP contribution in [0.2, 0.25) is 0 Å². The van der Waals surface area contributed by atoms with Gasteiger partial charge >= 0.3 is 0 Å². The lowest BCUT2D eigenvalue weighted by atomic mass is 9.90. The number of carbonyl (C=O) groups is 5. The molecule has 0 spiro atoms. The van der Waals surface area contributed by atoms with E-state index in [1.54, 1.807) is 36.5 Å². The summed E-state index contributed by atoms with van der Waals surface area (Å²) in [5.41, 5.74) is 10.7. The van der Waals surface area contributed by atoms with Gasteiger partial charge in [0, 0.05) is 36.1 Å². The molecule has 64 heavy (non-hydrogen) atoms. The number of nitrogen functional groups attached to an aromatic ring is 1. The molecule has 16 nitrogen and oxygen atoms in total. The van der Waals surface area contributed by atoms with Crippen LogP contribution in [-0.2, 0) is 35.8 Å². The Labute approximate surface area is 372 Å². The SMILES string of the molecule is Cc1nc(-c2ccc(CC(=O)Nc3cc(C(C)(C)C)on3)cc2)c2c(N)ncc(/C=C/CCCN(CC(=O)NC3CCCCC3)C(=O)COc3ccc(C4CCC(=O)NC4=O)cc3)n12. The molecule has 1 aliphatic heterocycles. The smallest absolute Gasteiger partial charge is 0.260 e. The van der Waals surface area contributed by atoms with Gasteiger partial charge in [-0.3, -0.25) is 33.7 Å². The van der Waals surface area contributed by atoms with Crippen molar-refractivity contribution >= 4 is 52.8 Å². The highest BCUT2D eigenvalue weighted by Crippen LogP contribution is 2.31. The minimum atomic E-state index is -0.420. The van der Waals surface area contributed by atoms with Gasteiger partial charge in [0.15, 0.2) is 12.4 Å². The lowest BCUT2D eigenvalue weighted by molar-refractivity contribution is -0.138. The highest BCUT2D eigenvalue weighted by atomic mass is 16.5. The number of ether oxygens (including phenoxy) is 1. The number of aromatic nitrogens is 4. The summed E-state index contributed by atoms with van der Waals surface area (Å²) in [5, 5.41) is 12.3. The number of piperidine rings is 1. The van der Waals surface area contributed by atoms with E-state index in [2.05, 4.69) is 26.1 Å². The fourth-order valence-electron chi connectivity index (χ4n) is 8.13. The van der Waals surface area contributed by atoms with Gasteiger partial charge in [0.05, 0.1) is 30.8 Å². The maximum Gasteiger partial charge on any atom is 0.260 e. The van der Waals surface area contributed by atoms with Crippen LogP contribution in [0, 0.1) is 6.92 Å². The van der Waals surface area contributed by atoms with Crippen molar-refractivity contribution in [1.29, 1.82) is 0 Å². The maximum atomic E-state index is 13.6. The number of carbonyl (C=O) groups excluding carboxylic acids is 5. The second kappa shape index (κ2) is 20.1. The Bertz CT molecular complexity index is 2510. The third kappa shape index (κ3) is 11.4. The molecule has 2 fully saturated rings. The maximum absolute atomic E-state index is 13.6. The molecule has 3 aromatic heterocycles. The van der Waals surface area contributed by atoms with E-state index in [1.807, 2.05) is 68.5 Å². The standard InChI is InChI=1S/C48H57N9O7/c1-30-51-44(33-16-14-31(15-17-33)25-41(59)53-39-26-38(64-55-39)48(2,3)4)45-46(49)50-27-35(57(30)45)13-9-6-10-24-56(28-42(60)52-34-11-7-5-8-12-34)43(61)29-63-36-20-18-32(19-21-36)37-22-23-40(58)54-47(37)62/h9,13-21,26-27,34,37H,5-8,10-12,22-25,28-29H2,1-4H3,(H2,49,50)(H,52,60)(H,53,55,59)(H,54,58,62)/b13-9+. The first-order chi connectivity index (χ1) is 30.7. The molecule has 0 bridgehead atoms. The number of hydrogen-bond acceptors (Lipinski definition) is 11. The van der Waals surface area contributed by atoms with Gasteiger partial charge in [0.1, 0.15) is 34.4 Å². The number of nitrogens with zero attached hydrogens (tertiary/aromatic N) is 5. The van der Waals surface area contributed by atoms with Gasteiger partial charge in [-0.15, -0.1) is 0 Å². The number of nitrogens with one attached hydrogen (secondary N) is 3. The first-order valence-corrected chi connectivity index (χ1v) is 22.0. The summed E-state index contributed by atoms with van der Waals surface area (Å²) in [6.07, 6.45) is 12.9. The van der Waals surface area contributed by atoms with Crippen LogP contribution in [0.1, 0.15) is 113 Å². The number of benzene rings is 2. The number of rotatable bonds is 16. The third-order valence-electron chi connectivity index (χ3n) is 11.6. The molecule has 1 aliphatic carbocycles. The van der Waals surface area contributed by atoms with Crippen LogP contribution in [-0.4, -0.2) is 79.7 Å². The van der Waals surface area contributed by atoms with E-state index in [-0.39, 0.29) is 67.0 Å². The molecule has 16 heteroatoms. The lowest BCUT2D eigenvalue weighted by Crippen LogP contribution is -2.46. The van der Waals surface area contributed by atoms with Crippen LogP contribution in [0.25, 0.3) is 22.9 Å². The highest BCUT2D eigenvalue weighted by Gasteiger charge is 2.28. The molecule has 336 valence electrons. The second-order valence-corrected chi connectivity index (χ2v) is 17.6. The molecule has 1 atom stereocenters. The van der Waals surface area contributed by atoms with Crippen LogP contribution in [0.4, 0.5) is 11.6 Å². The number of nitrogens with two attached hydrogens (primary N) is 1. The Hall–Kier alpha value is -6.84. The van der Waals surface area contributed by atoms with E-state index in [0.29, 0.717) is 60.2 Å². The van der Waals surface area contributed by atoms with E-state index >= 15 is 0 Å². The van der Waals surface area contributed by atoms with Crippen LogP contribution >= 0.6 is 0 Å². The Morgan fingerprint density at radius 3 is 2.47 bits per heavy atom. The molecule has 7 rings (SSSR count). The number of aryl methyl sites for hydroxylation is 1. The number of hydrogen-bond donors (Lipinski definition) is 4. The quantitative estimate of drug-likeness (QED) is 0.0627. The number of unbranched alkanes of at least 4 members (excludes halogenated alkanes) is 1. The van der Waals surface area contributed by atoms with E-state index in [9.17, 15) is 24.0 Å². The van der Waals surface area contributed by atoms with Crippen molar-refractivity contribution in [2.45, 2.75) is 109 Å². The summed E-state index contributed by atoms with van der Waals surface area (Å²) in [6.45, 7) is 7.92. The summed E-state index contributed by atoms with van der Waals surface area (Å²) in [5.74, 6) is 0.828. The van der Waals surface area contributed by atoms with Gasteiger partial charge in [-0.1, -0.05) is 87.7 Å². The summed E-state index contributed by atoms with van der Waals surface area (Å²) < 4.78 is 13.2. The molecule has 1 unspecified atom stereocenters. The molecule has 4 heterocycles. The zero-order valence-electron chi connectivity index (χ0n) is 36.9. The van der Waals surface area contributed by atoms with Gasteiger partial charge in [-0.25, -0.2) is 9.97 Å². The topological polar surface area (TPSA) is 216 Å². The molecule has 0 radical (unpaired) electrons. The molecule has 1 saturated carbocycles. The van der Waals surface area contributed by atoms with E-state index in [4.69, 9.17) is 20.0 Å². The molecule has 5 aromatic rings. The summed E-state index contributed by atoms with van der Waals surface area (Å²) >= 11 is 0. The predicted octanol–water partition coefficient (Wildman–Crippen LogP) is 6.42. The molecule has 5 N–H and O–H groups in total. The van der Waals surface area contributed by atoms with Gasteiger partial charge in [0.25, 0.3) is 5.91 Å². The first-order valence-electron chi connectivity index (χ1n) is 22.0. The van der Waals surface area contributed by atoms with E-state index in [0.717, 1.165) is 60.3 Å². The van der Waals surface area contributed by atoms with E-state index < -0.39 is 5.92 Å². The van der Waals surface area contributed by atoms with Gasteiger partial charge in [0.2, 0.25) is 23.6 Å². The Kier molecular flexibility index (Phi) is 14.2. The van der Waals surface area contributed by atoms with Crippen molar-refractivity contribution in [2.75, 3.05) is 30.7 Å². The van der Waals surface area contributed by atoms with Gasteiger partial charge in [-0.2, -0.15) is 0 Å². The van der Waals surface area contributed by atoms with Crippen LogP contribution < -0.4 is 26.4 Å². The predicted molar refractivity (Wildman–Crippen MR) is 242 cm³/mol. The lowest BCUT2D eigenvalue weighted by Gasteiger charge is -2.26. The minimum Gasteiger partial charge on any atom is -0.484 e. The zero-order chi connectivity index (χ0) is 45.4. The van der Waals surface area contributed by atoms with Crippen LogP contribution in [0.15, 0.2) is 71.4 Å². The highest BCUT2D eigenvalue weighted by molar-refractivity contribution is 6.01. The number of fused-ring (bicyclic) bond motifs is 1. The Balaban J connectivity index is 0.968. The van der Waals surface area contributed by atoms with Crippen molar-refractivity contribution in [1.82, 2.24) is 35.1 Å². The monoisotopic (exact) mass is 871 g/mol. The number of imide groups is 1. The minimum absolute atomic E-state index is 0.0776. The molecule has 2 aromatic carbocycles. The van der Waals surface area contributed by atoms with Crippen LogP contribution in [0.3, 0.4) is 0 Å². The van der Waals surface area contributed by atoms with E-state index in [1.165, 1.54) is 4.90 Å². The summed E-state index contributed by atoms with van der Waals surface area (Å²) in [6, 6.07) is 16.4. The van der Waals surface area contributed by atoms with Crippen LogP contribution in [0.5, 0.6) is 5.75 Å². The Morgan fingerprint density at radius 2 is 1.77 bits per heavy atom. The fraction of sp³-hybridized carbons (Fsp3) is 0.417. The molecule has 5 amide bonds. The van der Waals surface area contributed by atoms with Gasteiger partial charge < -0.3 is 30.5 Å². The number of imidazole rings is 1. The largest absolute Gasteiger partial charge is 0.484 e. The van der Waals surface area contributed by atoms with Crippen molar-refractivity contribution in [3.63, 3.8) is 0 Å². The Morgan fingerprint density at radius 1 is 1.02 bits per heavy atom. The molecular formula is C48H57N9O7. The zero-order valence-corrected chi connectivity index (χ0v) is 36.9. The van der Waals surface area contributed by atoms with Crippen molar-refractivity contribution in [2.24, 2.45) is 0 Å². The average Bonchev–Trinajstić information content (AvgIpc) is 3.89. The molecular weight excluding hydrogens is 815 g/mol. The van der Waals surface area contributed by atoms with Crippen molar-refractivity contribution in [3.05, 3.63) is 95.3 Å². The summed E-state index contributed by atoms with van der Waals surface area (Å²) in [4.78, 5) is 74.4. The van der Waals surface area contributed by atoms with Crippen molar-refractivity contribution in [3.8, 4) is 17.0 Å². The summed E-state index contributed by atoms with van der Waals surface area (Å²) in [7, 11) is 0. The first kappa shape index (κ1) is 45.2. The fourth-order valence-corrected chi connectivity index (χ4v) is 8.13. The molecule has 1 saturated heterocycles. The van der Waals surface area contributed by atoms with Crippen molar-refractivity contribution < 1.29 is 33.2 Å². The second-order valence-electron chi connectivity index (χ2n) is 17.6. The normalized spacial score (nSPS) is 15.9. The number of amides is 5. The average molecular weight is 872 g/mol. The number of anilines is 2. The number of allylic oxidation sites excluding steroid dienone is 1.